The molecule has 0 unspecified atom stereocenters. The highest BCUT2D eigenvalue weighted by molar-refractivity contribution is 5.99. The van der Waals surface area contributed by atoms with Crippen LogP contribution < -0.4 is 5.32 Å². The molecule has 0 spiro atoms. The van der Waals surface area contributed by atoms with E-state index in [9.17, 15) is 18.8 Å². The van der Waals surface area contributed by atoms with Gasteiger partial charge >= 0.3 is 5.97 Å². The lowest BCUT2D eigenvalue weighted by molar-refractivity contribution is -0.141. The number of halogens is 1. The molecule has 0 fully saturated rings. The number of hydrogen-bond donors (Lipinski definition) is 1. The fraction of sp³-hybridized carbons (Fsp3) is 0.250. The lowest BCUT2D eigenvalue weighted by Gasteiger charge is -2.08. The summed E-state index contributed by atoms with van der Waals surface area (Å²) in [5.41, 5.74) is 1.15. The second-order valence-corrected chi connectivity index (χ2v) is 6.07. The summed E-state index contributed by atoms with van der Waals surface area (Å²) in [6, 6.07) is 12.2. The average Bonchev–Trinajstić information content (AvgIpc) is 2.62. The van der Waals surface area contributed by atoms with Gasteiger partial charge in [-0.05, 0) is 35.9 Å². The van der Waals surface area contributed by atoms with Crippen molar-refractivity contribution in [3.05, 3.63) is 65.5 Å². The van der Waals surface area contributed by atoms with Gasteiger partial charge < -0.3 is 10.1 Å². The monoisotopic (exact) mass is 357 g/mol. The zero-order valence-corrected chi connectivity index (χ0v) is 14.6. The molecule has 0 aliphatic carbocycles. The highest BCUT2D eigenvalue weighted by Gasteiger charge is 2.13. The summed E-state index contributed by atoms with van der Waals surface area (Å²) in [6.07, 6.45) is -0.236. The van der Waals surface area contributed by atoms with Crippen molar-refractivity contribution in [2.75, 3.05) is 11.9 Å². The summed E-state index contributed by atoms with van der Waals surface area (Å²) in [4.78, 5) is 35.4. The molecule has 0 saturated heterocycles. The summed E-state index contributed by atoms with van der Waals surface area (Å²) in [6.45, 7) is 3.14. The standard InChI is InChI=1S/C20H20FNO4/c1-13(2)20(25)22-16-9-7-14(8-10-16)18(23)12-26-19(24)11-15-5-3-4-6-17(15)21/h3-10,13H,11-12H2,1-2H3,(H,22,25). The Balaban J connectivity index is 1.86. The fourth-order valence-electron chi connectivity index (χ4n) is 2.10. The number of amides is 1. The second-order valence-electron chi connectivity index (χ2n) is 6.07. The van der Waals surface area contributed by atoms with Gasteiger partial charge in [0.25, 0.3) is 0 Å². The minimum Gasteiger partial charge on any atom is -0.457 e. The molecule has 2 rings (SSSR count). The SMILES string of the molecule is CC(C)C(=O)Nc1ccc(C(=O)COC(=O)Cc2ccccc2F)cc1. The molecular formula is C20H20FNO4. The van der Waals surface area contributed by atoms with Gasteiger partial charge in [-0.1, -0.05) is 32.0 Å². The molecule has 1 N–H and O–H groups in total. The van der Waals surface area contributed by atoms with Crippen molar-refractivity contribution in [1.29, 1.82) is 0 Å². The molecule has 0 atom stereocenters. The normalized spacial score (nSPS) is 10.5. The molecule has 0 radical (unpaired) electrons. The number of hydrogen-bond acceptors (Lipinski definition) is 4. The molecular weight excluding hydrogens is 337 g/mol. The Morgan fingerprint density at radius 3 is 2.31 bits per heavy atom. The third-order valence-corrected chi connectivity index (χ3v) is 3.66. The van der Waals surface area contributed by atoms with E-state index in [1.807, 2.05) is 0 Å². The predicted octanol–water partition coefficient (Wildman–Crippen LogP) is 3.39. The third-order valence-electron chi connectivity index (χ3n) is 3.66. The maximum atomic E-state index is 13.5. The highest BCUT2D eigenvalue weighted by atomic mass is 19.1. The molecule has 2 aromatic rings. The molecule has 6 heteroatoms. The minimum absolute atomic E-state index is 0.119. The Kier molecular flexibility index (Phi) is 6.60. The van der Waals surface area contributed by atoms with Crippen LogP contribution in [0.4, 0.5) is 10.1 Å². The lowest BCUT2D eigenvalue weighted by atomic mass is 10.1. The lowest BCUT2D eigenvalue weighted by Crippen LogP contribution is -2.18. The number of rotatable bonds is 7. The van der Waals surface area contributed by atoms with Crippen LogP contribution in [0.3, 0.4) is 0 Å². The third kappa shape index (κ3) is 5.51. The zero-order valence-electron chi connectivity index (χ0n) is 14.6. The smallest absolute Gasteiger partial charge is 0.310 e. The Labute approximate surface area is 151 Å². The van der Waals surface area contributed by atoms with Crippen molar-refractivity contribution in [3.63, 3.8) is 0 Å². The van der Waals surface area contributed by atoms with Crippen molar-refractivity contribution < 1.29 is 23.5 Å². The quantitative estimate of drug-likeness (QED) is 0.609. The molecule has 26 heavy (non-hydrogen) atoms. The maximum absolute atomic E-state index is 13.5. The summed E-state index contributed by atoms with van der Waals surface area (Å²) < 4.78 is 18.4. The topological polar surface area (TPSA) is 72.5 Å². The van der Waals surface area contributed by atoms with E-state index in [1.54, 1.807) is 44.2 Å². The molecule has 1 amide bonds. The number of benzene rings is 2. The number of nitrogens with one attached hydrogen (secondary N) is 1. The molecule has 5 nitrogen and oxygen atoms in total. The van der Waals surface area contributed by atoms with Gasteiger partial charge in [-0.15, -0.1) is 0 Å². The number of ketones is 1. The number of anilines is 1. The van der Waals surface area contributed by atoms with Gasteiger partial charge in [0.05, 0.1) is 6.42 Å². The van der Waals surface area contributed by atoms with Crippen molar-refractivity contribution in [2.45, 2.75) is 20.3 Å². The minimum atomic E-state index is -0.677. The molecule has 0 aliphatic heterocycles. The van der Waals surface area contributed by atoms with Crippen molar-refractivity contribution in [2.24, 2.45) is 5.92 Å². The van der Waals surface area contributed by atoms with Gasteiger partial charge in [-0.3, -0.25) is 14.4 Å². The summed E-state index contributed by atoms with van der Waals surface area (Å²) in [5, 5.41) is 2.72. The van der Waals surface area contributed by atoms with Crippen LogP contribution in [-0.2, 0) is 20.7 Å². The van der Waals surface area contributed by atoms with Crippen LogP contribution in [-0.4, -0.2) is 24.3 Å². The van der Waals surface area contributed by atoms with Gasteiger partial charge in [0, 0.05) is 17.2 Å². The Hall–Kier alpha value is -3.02. The maximum Gasteiger partial charge on any atom is 0.310 e. The molecule has 136 valence electrons. The van der Waals surface area contributed by atoms with E-state index in [0.717, 1.165) is 0 Å². The summed E-state index contributed by atoms with van der Waals surface area (Å²) >= 11 is 0. The Morgan fingerprint density at radius 1 is 1.04 bits per heavy atom. The molecule has 0 aromatic heterocycles. The largest absolute Gasteiger partial charge is 0.457 e. The van der Waals surface area contributed by atoms with Crippen LogP contribution in [0.1, 0.15) is 29.8 Å². The van der Waals surface area contributed by atoms with E-state index in [4.69, 9.17) is 4.74 Å². The number of ether oxygens (including phenoxy) is 1. The first kappa shape index (κ1) is 19.3. The van der Waals surface area contributed by atoms with Crippen molar-refractivity contribution in [1.82, 2.24) is 0 Å². The molecule has 0 saturated carbocycles. The number of Topliss-reactive ketones (excluding diaryl/α,β-unsaturated/α-hetero) is 1. The first-order valence-electron chi connectivity index (χ1n) is 8.20. The number of carbonyl (C=O) groups is 3. The number of carbonyl (C=O) groups excluding carboxylic acids is 3. The van der Waals surface area contributed by atoms with Gasteiger partial charge in [-0.25, -0.2) is 4.39 Å². The zero-order chi connectivity index (χ0) is 19.1. The highest BCUT2D eigenvalue weighted by Crippen LogP contribution is 2.12. The average molecular weight is 357 g/mol. The fourth-order valence-corrected chi connectivity index (χ4v) is 2.10. The second kappa shape index (κ2) is 8.89. The predicted molar refractivity (Wildman–Crippen MR) is 95.3 cm³/mol. The van der Waals surface area contributed by atoms with Crippen molar-refractivity contribution in [3.8, 4) is 0 Å². The van der Waals surface area contributed by atoms with Gasteiger partial charge in [0.1, 0.15) is 5.82 Å². The molecule has 0 bridgehead atoms. The van der Waals surface area contributed by atoms with E-state index < -0.39 is 18.4 Å². The van der Waals surface area contributed by atoms with Crippen molar-refractivity contribution >= 4 is 23.3 Å². The van der Waals surface area contributed by atoms with E-state index in [0.29, 0.717) is 11.3 Å². The summed E-state index contributed by atoms with van der Waals surface area (Å²) in [5.74, 6) is -1.82. The van der Waals surface area contributed by atoms with Crippen LogP contribution in [0.5, 0.6) is 0 Å². The summed E-state index contributed by atoms with van der Waals surface area (Å²) in [7, 11) is 0. The first-order chi connectivity index (χ1) is 12.4. The molecule has 0 aliphatic rings. The van der Waals surface area contributed by atoms with Crippen LogP contribution in [0.15, 0.2) is 48.5 Å². The number of esters is 1. The Morgan fingerprint density at radius 2 is 1.69 bits per heavy atom. The van der Waals surface area contributed by atoms with Crippen LogP contribution >= 0.6 is 0 Å². The van der Waals surface area contributed by atoms with E-state index in [-0.39, 0.29) is 29.6 Å². The van der Waals surface area contributed by atoms with Gasteiger partial charge in [0.15, 0.2) is 12.4 Å². The molecule has 2 aromatic carbocycles. The van der Waals surface area contributed by atoms with Crippen LogP contribution in [0.25, 0.3) is 0 Å². The van der Waals surface area contributed by atoms with E-state index in [1.165, 1.54) is 18.2 Å². The van der Waals surface area contributed by atoms with Crippen LogP contribution in [0.2, 0.25) is 0 Å². The van der Waals surface area contributed by atoms with Gasteiger partial charge in [0.2, 0.25) is 5.91 Å². The first-order valence-corrected chi connectivity index (χ1v) is 8.20. The van der Waals surface area contributed by atoms with E-state index >= 15 is 0 Å². The molecule has 0 heterocycles. The van der Waals surface area contributed by atoms with E-state index in [2.05, 4.69) is 5.32 Å². The Bertz CT molecular complexity index is 800. The van der Waals surface area contributed by atoms with Gasteiger partial charge in [-0.2, -0.15) is 0 Å². The van der Waals surface area contributed by atoms with Crippen LogP contribution in [0, 0.1) is 11.7 Å².